The second kappa shape index (κ2) is 10.4. The normalized spacial score (nSPS) is 11.4. The molecular formula is C24H14BrCl2F3N4O2. The highest BCUT2D eigenvalue weighted by molar-refractivity contribution is 9.10. The maximum absolute atomic E-state index is 13.5. The van der Waals surface area contributed by atoms with Gasteiger partial charge in [-0.2, -0.15) is 18.3 Å². The van der Waals surface area contributed by atoms with E-state index in [0.717, 1.165) is 17.7 Å². The summed E-state index contributed by atoms with van der Waals surface area (Å²) in [6.45, 7) is 0. The predicted octanol–water partition coefficient (Wildman–Crippen LogP) is 7.13. The lowest BCUT2D eigenvalue weighted by Gasteiger charge is -2.12. The lowest BCUT2D eigenvalue weighted by molar-refractivity contribution is -0.137. The van der Waals surface area contributed by atoms with Crippen LogP contribution in [0, 0.1) is 0 Å². The van der Waals surface area contributed by atoms with Gasteiger partial charge in [0.25, 0.3) is 5.91 Å². The monoisotopic (exact) mass is 596 g/mol. The van der Waals surface area contributed by atoms with Gasteiger partial charge < -0.3 is 5.32 Å². The molecule has 0 spiro atoms. The zero-order valence-electron chi connectivity index (χ0n) is 18.0. The standard InChI is InChI=1S/C24H14BrCl2F3N4O2/c25-15-8-16(22(31-10-15)33-23(36)14-3-1-2-12(6-14)9-26)21(35)17-11-32-34-20(17)13-4-5-19(27)18(7-13)24(28,29)30/h1-8,10-11H,9H2,(H,32,34)(H,31,33,36). The van der Waals surface area contributed by atoms with Crippen molar-refractivity contribution in [2.75, 3.05) is 5.32 Å². The van der Waals surface area contributed by atoms with Gasteiger partial charge in [0, 0.05) is 33.9 Å². The van der Waals surface area contributed by atoms with Crippen molar-refractivity contribution in [3.8, 4) is 11.3 Å². The summed E-state index contributed by atoms with van der Waals surface area (Å²) in [5.74, 6) is -0.971. The summed E-state index contributed by atoms with van der Waals surface area (Å²) in [5.41, 5.74) is -0.0325. The number of benzene rings is 2. The molecule has 0 unspecified atom stereocenters. The molecule has 184 valence electrons. The molecule has 4 rings (SSSR count). The Bertz CT molecular complexity index is 1470. The summed E-state index contributed by atoms with van der Waals surface area (Å²) >= 11 is 14.8. The molecule has 0 fully saturated rings. The number of alkyl halides is 4. The number of carbonyl (C=O) groups is 2. The topological polar surface area (TPSA) is 87.7 Å². The van der Waals surface area contributed by atoms with Crippen LogP contribution in [-0.4, -0.2) is 26.9 Å². The van der Waals surface area contributed by atoms with Gasteiger partial charge in [-0.15, -0.1) is 11.6 Å². The van der Waals surface area contributed by atoms with E-state index in [4.69, 9.17) is 23.2 Å². The first-order valence-electron chi connectivity index (χ1n) is 10.2. The van der Waals surface area contributed by atoms with Crippen LogP contribution in [0.1, 0.15) is 37.4 Å². The highest BCUT2D eigenvalue weighted by Crippen LogP contribution is 2.38. The molecule has 0 aliphatic carbocycles. The molecule has 2 heterocycles. The Labute approximate surface area is 221 Å². The number of hydrogen-bond donors (Lipinski definition) is 2. The molecule has 0 bridgehead atoms. The number of nitrogens with zero attached hydrogens (tertiary/aromatic N) is 2. The van der Waals surface area contributed by atoms with Gasteiger partial charge in [0.2, 0.25) is 5.78 Å². The van der Waals surface area contributed by atoms with E-state index in [1.807, 2.05) is 0 Å². The number of carbonyl (C=O) groups excluding carboxylic acids is 2. The molecule has 0 radical (unpaired) electrons. The van der Waals surface area contributed by atoms with Crippen LogP contribution in [-0.2, 0) is 12.1 Å². The van der Waals surface area contributed by atoms with Crippen molar-refractivity contribution in [2.45, 2.75) is 12.1 Å². The minimum atomic E-state index is -4.69. The van der Waals surface area contributed by atoms with Crippen LogP contribution in [0.4, 0.5) is 19.0 Å². The number of aromatic nitrogens is 3. The number of anilines is 1. The second-order valence-electron chi connectivity index (χ2n) is 7.51. The van der Waals surface area contributed by atoms with Gasteiger partial charge in [0.05, 0.1) is 21.7 Å². The number of aromatic amines is 1. The minimum Gasteiger partial charge on any atom is -0.306 e. The Morgan fingerprint density at radius 3 is 2.58 bits per heavy atom. The largest absolute Gasteiger partial charge is 0.417 e. The number of hydrogen-bond acceptors (Lipinski definition) is 4. The Morgan fingerprint density at radius 1 is 1.08 bits per heavy atom. The quantitative estimate of drug-likeness (QED) is 0.183. The van der Waals surface area contributed by atoms with E-state index in [2.05, 4.69) is 36.4 Å². The van der Waals surface area contributed by atoms with Gasteiger partial charge in [-0.1, -0.05) is 29.8 Å². The maximum atomic E-state index is 13.5. The van der Waals surface area contributed by atoms with Crippen molar-refractivity contribution >= 4 is 56.6 Å². The smallest absolute Gasteiger partial charge is 0.306 e. The van der Waals surface area contributed by atoms with E-state index in [9.17, 15) is 22.8 Å². The third-order valence-corrected chi connectivity index (χ3v) is 6.18. The fraction of sp³-hybridized carbons (Fsp3) is 0.0833. The number of pyridine rings is 1. The Balaban J connectivity index is 1.71. The first-order chi connectivity index (χ1) is 17.1. The number of H-pyrrole nitrogens is 1. The molecule has 0 aliphatic heterocycles. The van der Waals surface area contributed by atoms with Crippen molar-refractivity contribution in [3.63, 3.8) is 0 Å². The molecule has 6 nitrogen and oxygen atoms in total. The van der Waals surface area contributed by atoms with Crippen LogP contribution >= 0.6 is 39.1 Å². The average molecular weight is 598 g/mol. The molecule has 2 N–H and O–H groups in total. The van der Waals surface area contributed by atoms with E-state index in [1.54, 1.807) is 24.3 Å². The molecule has 1 amide bonds. The van der Waals surface area contributed by atoms with Crippen LogP contribution < -0.4 is 5.32 Å². The average Bonchev–Trinajstić information content (AvgIpc) is 3.34. The van der Waals surface area contributed by atoms with Gasteiger partial charge in [0.15, 0.2) is 0 Å². The van der Waals surface area contributed by atoms with Gasteiger partial charge in [0.1, 0.15) is 11.5 Å². The van der Waals surface area contributed by atoms with Crippen molar-refractivity contribution in [2.24, 2.45) is 0 Å². The molecule has 0 aliphatic rings. The number of ketones is 1. The van der Waals surface area contributed by atoms with Crippen molar-refractivity contribution in [1.29, 1.82) is 0 Å². The van der Waals surface area contributed by atoms with Crippen LogP contribution in [0.3, 0.4) is 0 Å². The van der Waals surface area contributed by atoms with Crippen molar-refractivity contribution in [3.05, 3.63) is 98.2 Å². The molecule has 36 heavy (non-hydrogen) atoms. The Kier molecular flexibility index (Phi) is 7.49. The zero-order valence-corrected chi connectivity index (χ0v) is 21.1. The molecule has 2 aromatic heterocycles. The lowest BCUT2D eigenvalue weighted by Crippen LogP contribution is -2.17. The second-order valence-corrected chi connectivity index (χ2v) is 9.10. The summed E-state index contributed by atoms with van der Waals surface area (Å²) in [6.07, 6.45) is -2.04. The van der Waals surface area contributed by atoms with E-state index in [0.29, 0.717) is 10.0 Å². The summed E-state index contributed by atoms with van der Waals surface area (Å²) < 4.78 is 40.5. The predicted molar refractivity (Wildman–Crippen MR) is 133 cm³/mol. The number of nitrogens with one attached hydrogen (secondary N) is 2. The number of rotatable bonds is 6. The number of amides is 1. The molecule has 4 aromatic rings. The van der Waals surface area contributed by atoms with Gasteiger partial charge in [-0.25, -0.2) is 4.98 Å². The number of halogens is 6. The highest BCUT2D eigenvalue weighted by atomic mass is 79.9. The molecule has 0 saturated heterocycles. The van der Waals surface area contributed by atoms with E-state index in [-0.39, 0.29) is 34.1 Å². The van der Waals surface area contributed by atoms with Crippen LogP contribution in [0.5, 0.6) is 0 Å². The third-order valence-electron chi connectivity index (χ3n) is 5.10. The lowest BCUT2D eigenvalue weighted by atomic mass is 9.99. The molecule has 0 saturated carbocycles. The Morgan fingerprint density at radius 2 is 1.86 bits per heavy atom. The van der Waals surface area contributed by atoms with Gasteiger partial charge in [-0.05, 0) is 51.8 Å². The van der Waals surface area contributed by atoms with Gasteiger partial charge in [-0.3, -0.25) is 14.7 Å². The van der Waals surface area contributed by atoms with Crippen LogP contribution in [0.25, 0.3) is 11.3 Å². The van der Waals surface area contributed by atoms with E-state index < -0.39 is 28.5 Å². The molecule has 0 atom stereocenters. The third kappa shape index (κ3) is 5.45. The molecule has 12 heteroatoms. The minimum absolute atomic E-state index is 0.00104. The van der Waals surface area contributed by atoms with Gasteiger partial charge >= 0.3 is 6.18 Å². The fourth-order valence-corrected chi connectivity index (χ4v) is 4.13. The first kappa shape index (κ1) is 25.9. The first-order valence-corrected chi connectivity index (χ1v) is 11.9. The summed E-state index contributed by atoms with van der Waals surface area (Å²) in [6, 6.07) is 11.3. The SMILES string of the molecule is O=C(Nc1ncc(Br)cc1C(=O)c1c[nH]nc1-c1ccc(Cl)c(C(F)(F)F)c1)c1cccc(CCl)c1. The van der Waals surface area contributed by atoms with Crippen LogP contribution in [0.2, 0.25) is 5.02 Å². The summed E-state index contributed by atoms with van der Waals surface area (Å²) in [7, 11) is 0. The highest BCUT2D eigenvalue weighted by Gasteiger charge is 2.34. The summed E-state index contributed by atoms with van der Waals surface area (Å²) in [4.78, 5) is 30.5. The van der Waals surface area contributed by atoms with Crippen LogP contribution in [0.15, 0.2) is 65.4 Å². The van der Waals surface area contributed by atoms with Crippen molar-refractivity contribution in [1.82, 2.24) is 15.2 Å². The van der Waals surface area contributed by atoms with E-state index >= 15 is 0 Å². The fourth-order valence-electron chi connectivity index (χ4n) is 3.41. The molecular weight excluding hydrogens is 584 g/mol. The zero-order chi connectivity index (χ0) is 26.0. The van der Waals surface area contributed by atoms with E-state index in [1.165, 1.54) is 24.5 Å². The maximum Gasteiger partial charge on any atom is 0.417 e. The molecule has 2 aromatic carbocycles. The summed E-state index contributed by atoms with van der Waals surface area (Å²) in [5, 5.41) is 8.63. The Hall–Kier alpha value is -3.21. The van der Waals surface area contributed by atoms with Crippen molar-refractivity contribution < 1.29 is 22.8 Å².